The maximum atomic E-state index is 12.7. The van der Waals surface area contributed by atoms with Gasteiger partial charge in [-0.05, 0) is 24.1 Å². The van der Waals surface area contributed by atoms with E-state index in [4.69, 9.17) is 11.6 Å². The zero-order valence-corrected chi connectivity index (χ0v) is 9.28. The first kappa shape index (κ1) is 10.7. The second kappa shape index (κ2) is 5.40. The zero-order valence-electron chi connectivity index (χ0n) is 6.93. The summed E-state index contributed by atoms with van der Waals surface area (Å²) < 4.78 is 12.7. The van der Waals surface area contributed by atoms with E-state index in [1.807, 2.05) is 12.2 Å². The highest BCUT2D eigenvalue weighted by molar-refractivity contribution is 9.09. The summed E-state index contributed by atoms with van der Waals surface area (Å²) in [6, 6.07) is 4.68. The molecule has 0 nitrogen and oxygen atoms in total. The summed E-state index contributed by atoms with van der Waals surface area (Å²) in [4.78, 5) is 0. The van der Waals surface area contributed by atoms with Gasteiger partial charge in [-0.25, -0.2) is 4.39 Å². The highest BCUT2D eigenvalue weighted by Crippen LogP contribution is 2.16. The van der Waals surface area contributed by atoms with Gasteiger partial charge in [-0.15, -0.1) is 0 Å². The quantitative estimate of drug-likeness (QED) is 0.714. The standard InChI is InChI=1S/C10H9BrClF/c11-6-2-1-3-8-4-5-10(13)9(12)7-8/h1,3-5,7H,2,6H2. The molecule has 0 amide bonds. The van der Waals surface area contributed by atoms with Crippen LogP contribution in [0.4, 0.5) is 4.39 Å². The molecule has 0 aliphatic heterocycles. The van der Waals surface area contributed by atoms with Crippen molar-refractivity contribution in [2.24, 2.45) is 0 Å². The first-order chi connectivity index (χ1) is 6.24. The van der Waals surface area contributed by atoms with E-state index in [0.717, 1.165) is 17.3 Å². The van der Waals surface area contributed by atoms with Gasteiger partial charge in [0.25, 0.3) is 0 Å². The molecule has 70 valence electrons. The third-order valence-corrected chi connectivity index (χ3v) is 2.28. The lowest BCUT2D eigenvalue weighted by atomic mass is 10.2. The van der Waals surface area contributed by atoms with Gasteiger partial charge in [0, 0.05) is 5.33 Å². The van der Waals surface area contributed by atoms with Crippen molar-refractivity contribution < 1.29 is 4.39 Å². The molecule has 0 bridgehead atoms. The van der Waals surface area contributed by atoms with Gasteiger partial charge in [0.1, 0.15) is 5.82 Å². The van der Waals surface area contributed by atoms with Crippen LogP contribution in [0.15, 0.2) is 24.3 Å². The number of hydrogen-bond donors (Lipinski definition) is 0. The van der Waals surface area contributed by atoms with E-state index in [1.165, 1.54) is 6.07 Å². The number of halogens is 3. The summed E-state index contributed by atoms with van der Waals surface area (Å²) in [6.45, 7) is 0. The van der Waals surface area contributed by atoms with Crippen LogP contribution in [0.1, 0.15) is 12.0 Å². The Morgan fingerprint density at radius 1 is 1.46 bits per heavy atom. The molecule has 13 heavy (non-hydrogen) atoms. The van der Waals surface area contributed by atoms with Gasteiger partial charge in [0.2, 0.25) is 0 Å². The monoisotopic (exact) mass is 262 g/mol. The molecular weight excluding hydrogens is 254 g/mol. The van der Waals surface area contributed by atoms with E-state index >= 15 is 0 Å². The van der Waals surface area contributed by atoms with Gasteiger partial charge in [0.05, 0.1) is 5.02 Å². The highest BCUT2D eigenvalue weighted by atomic mass is 79.9. The average Bonchev–Trinajstić information content (AvgIpc) is 2.12. The van der Waals surface area contributed by atoms with Crippen LogP contribution in [0, 0.1) is 5.82 Å². The number of rotatable bonds is 3. The van der Waals surface area contributed by atoms with Crippen LogP contribution in [0.2, 0.25) is 5.02 Å². The van der Waals surface area contributed by atoms with Gasteiger partial charge in [-0.3, -0.25) is 0 Å². The van der Waals surface area contributed by atoms with Crippen molar-refractivity contribution in [3.8, 4) is 0 Å². The third kappa shape index (κ3) is 3.49. The number of benzene rings is 1. The smallest absolute Gasteiger partial charge is 0.141 e. The molecule has 0 unspecified atom stereocenters. The fraction of sp³-hybridized carbons (Fsp3) is 0.200. The molecule has 0 heterocycles. The normalized spacial score (nSPS) is 11.0. The predicted molar refractivity (Wildman–Crippen MR) is 58.9 cm³/mol. The summed E-state index contributed by atoms with van der Waals surface area (Å²) >= 11 is 8.92. The number of allylic oxidation sites excluding steroid dienone is 1. The second-order valence-electron chi connectivity index (χ2n) is 2.55. The molecule has 0 saturated carbocycles. The summed E-state index contributed by atoms with van der Waals surface area (Å²) in [5.74, 6) is -0.376. The Labute approximate surface area is 90.5 Å². The minimum Gasteiger partial charge on any atom is -0.205 e. The van der Waals surface area contributed by atoms with Crippen LogP contribution in [-0.2, 0) is 0 Å². The average molecular weight is 264 g/mol. The van der Waals surface area contributed by atoms with Crippen molar-refractivity contribution in [1.29, 1.82) is 0 Å². The summed E-state index contributed by atoms with van der Waals surface area (Å²) in [5, 5.41) is 1.10. The molecule has 0 aliphatic rings. The van der Waals surface area contributed by atoms with Gasteiger partial charge in [-0.2, -0.15) is 0 Å². The van der Waals surface area contributed by atoms with Crippen LogP contribution in [0.3, 0.4) is 0 Å². The molecule has 0 spiro atoms. The SMILES string of the molecule is Fc1ccc(C=CCCBr)cc1Cl. The maximum Gasteiger partial charge on any atom is 0.141 e. The van der Waals surface area contributed by atoms with Crippen LogP contribution in [0.5, 0.6) is 0 Å². The first-order valence-corrected chi connectivity index (χ1v) is 5.41. The lowest BCUT2D eigenvalue weighted by molar-refractivity contribution is 0.628. The molecule has 0 aromatic heterocycles. The van der Waals surface area contributed by atoms with Crippen LogP contribution < -0.4 is 0 Å². The minimum absolute atomic E-state index is 0.168. The largest absolute Gasteiger partial charge is 0.205 e. The Kier molecular flexibility index (Phi) is 4.46. The van der Waals surface area contributed by atoms with Gasteiger partial charge >= 0.3 is 0 Å². The molecule has 3 heteroatoms. The Bertz CT molecular complexity index is 310. The molecule has 1 rings (SSSR count). The molecule has 0 N–H and O–H groups in total. The van der Waals surface area contributed by atoms with Crippen molar-refractivity contribution in [2.45, 2.75) is 6.42 Å². The first-order valence-electron chi connectivity index (χ1n) is 3.91. The molecule has 1 aromatic rings. The van der Waals surface area contributed by atoms with Crippen molar-refractivity contribution >= 4 is 33.6 Å². The molecular formula is C10H9BrClF. The van der Waals surface area contributed by atoms with Crippen LogP contribution >= 0.6 is 27.5 Å². The molecule has 0 atom stereocenters. The van der Waals surface area contributed by atoms with E-state index in [9.17, 15) is 4.39 Å². The lowest BCUT2D eigenvalue weighted by Gasteiger charge is -1.95. The highest BCUT2D eigenvalue weighted by Gasteiger charge is 1.97. The van der Waals surface area contributed by atoms with E-state index < -0.39 is 0 Å². The fourth-order valence-electron chi connectivity index (χ4n) is 0.898. The van der Waals surface area contributed by atoms with Crippen LogP contribution in [0.25, 0.3) is 6.08 Å². The zero-order chi connectivity index (χ0) is 9.68. The van der Waals surface area contributed by atoms with Crippen LogP contribution in [-0.4, -0.2) is 5.33 Å². The third-order valence-electron chi connectivity index (χ3n) is 1.53. The molecule has 0 aliphatic carbocycles. The van der Waals surface area contributed by atoms with Gasteiger partial charge in [-0.1, -0.05) is 45.7 Å². The van der Waals surface area contributed by atoms with E-state index in [-0.39, 0.29) is 10.8 Å². The summed E-state index contributed by atoms with van der Waals surface area (Å²) in [6.07, 6.45) is 4.89. The molecule has 0 radical (unpaired) electrons. The van der Waals surface area contributed by atoms with Gasteiger partial charge in [0.15, 0.2) is 0 Å². The van der Waals surface area contributed by atoms with E-state index in [0.29, 0.717) is 0 Å². The number of hydrogen-bond acceptors (Lipinski definition) is 0. The second-order valence-corrected chi connectivity index (χ2v) is 3.75. The van der Waals surface area contributed by atoms with Crippen molar-refractivity contribution in [3.05, 3.63) is 40.7 Å². The molecule has 1 aromatic carbocycles. The van der Waals surface area contributed by atoms with Gasteiger partial charge < -0.3 is 0 Å². The van der Waals surface area contributed by atoms with Crippen molar-refractivity contribution in [2.75, 3.05) is 5.33 Å². The lowest BCUT2D eigenvalue weighted by Crippen LogP contribution is -1.78. The van der Waals surface area contributed by atoms with Crippen molar-refractivity contribution in [3.63, 3.8) is 0 Å². The Morgan fingerprint density at radius 3 is 2.85 bits per heavy atom. The topological polar surface area (TPSA) is 0 Å². The maximum absolute atomic E-state index is 12.7. The number of alkyl halides is 1. The van der Waals surface area contributed by atoms with E-state index in [1.54, 1.807) is 12.1 Å². The van der Waals surface area contributed by atoms with E-state index in [2.05, 4.69) is 15.9 Å². The Balaban J connectivity index is 2.73. The molecule has 0 fully saturated rings. The Morgan fingerprint density at radius 2 is 2.23 bits per heavy atom. The fourth-order valence-corrected chi connectivity index (χ4v) is 1.35. The molecule has 0 saturated heterocycles. The Hall–Kier alpha value is -0.340. The predicted octanol–water partition coefficient (Wildman–Crippen LogP) is 4.28. The minimum atomic E-state index is -0.376. The van der Waals surface area contributed by atoms with Crippen molar-refractivity contribution in [1.82, 2.24) is 0 Å². The summed E-state index contributed by atoms with van der Waals surface area (Å²) in [5.41, 5.74) is 0.923. The summed E-state index contributed by atoms with van der Waals surface area (Å²) in [7, 11) is 0.